The first-order valence-electron chi connectivity index (χ1n) is 5.57. The molecule has 0 fully saturated rings. The first kappa shape index (κ1) is 14.5. The number of carbonyl (C=O) groups is 1. The molecule has 1 N–H and O–H groups in total. The Hall–Kier alpha value is -2.56. The maximum atomic E-state index is 11.7. The molecule has 2 rings (SSSR count). The van der Waals surface area contributed by atoms with Crippen LogP contribution in [0, 0.1) is 6.92 Å². The Kier molecular flexibility index (Phi) is 4.88. The Morgan fingerprint density at radius 1 is 1.21 bits per heavy atom. The minimum Gasteiger partial charge on any atom is -0.550 e. The molecule has 0 amide bonds. The van der Waals surface area contributed by atoms with Gasteiger partial charge in [-0.25, -0.2) is 0 Å². The van der Waals surface area contributed by atoms with Gasteiger partial charge in [-0.3, -0.25) is 9.36 Å². The molecule has 0 atom stereocenters. The number of aromatic hydroxyl groups is 1. The molecule has 1 aromatic heterocycles. The predicted octanol–water partition coefficient (Wildman–Crippen LogP) is 0.608. The number of carboxylic acids is 1. The third-order valence-electron chi connectivity index (χ3n) is 2.22. The summed E-state index contributed by atoms with van der Waals surface area (Å²) in [5.41, 5.74) is 1.30. The van der Waals surface area contributed by atoms with E-state index in [-0.39, 0.29) is 11.3 Å². The van der Waals surface area contributed by atoms with Gasteiger partial charge < -0.3 is 15.0 Å². The highest BCUT2D eigenvalue weighted by Crippen LogP contribution is 2.12. The number of rotatable bonds is 1. The first-order chi connectivity index (χ1) is 8.91. The summed E-state index contributed by atoms with van der Waals surface area (Å²) in [5.74, 6) is -1.08. The fourth-order valence-corrected chi connectivity index (χ4v) is 1.59. The second-order valence-electron chi connectivity index (χ2n) is 3.86. The number of carbonyl (C=O) groups excluding carboxylic acids is 1. The Morgan fingerprint density at radius 2 is 1.74 bits per heavy atom. The van der Waals surface area contributed by atoms with E-state index in [1.807, 2.05) is 30.3 Å². The molecule has 1 heterocycles. The van der Waals surface area contributed by atoms with Crippen LogP contribution in [0.1, 0.15) is 12.6 Å². The summed E-state index contributed by atoms with van der Waals surface area (Å²) in [6.07, 6.45) is 0. The number of para-hydroxylation sites is 1. The summed E-state index contributed by atoms with van der Waals surface area (Å²) in [4.78, 5) is 20.6. The number of aryl methyl sites for hydroxylation is 1. The molecular formula is C14H14NO4-. The van der Waals surface area contributed by atoms with Crippen molar-refractivity contribution in [2.24, 2.45) is 0 Å². The van der Waals surface area contributed by atoms with Crippen LogP contribution in [-0.4, -0.2) is 15.6 Å². The Labute approximate surface area is 110 Å². The molecule has 1 aromatic carbocycles. The van der Waals surface area contributed by atoms with Gasteiger partial charge in [-0.1, -0.05) is 18.2 Å². The monoisotopic (exact) mass is 260 g/mol. The van der Waals surface area contributed by atoms with Gasteiger partial charge in [-0.05, 0) is 32.0 Å². The minimum absolute atomic E-state index is 0.00433. The summed E-state index contributed by atoms with van der Waals surface area (Å²) < 4.78 is 1.56. The predicted molar refractivity (Wildman–Crippen MR) is 69.1 cm³/mol. The van der Waals surface area contributed by atoms with E-state index in [1.54, 1.807) is 17.6 Å². The summed E-state index contributed by atoms with van der Waals surface area (Å²) >= 11 is 0. The van der Waals surface area contributed by atoms with Crippen LogP contribution in [0.25, 0.3) is 5.69 Å². The van der Waals surface area contributed by atoms with Crippen molar-refractivity contribution in [1.29, 1.82) is 0 Å². The van der Waals surface area contributed by atoms with E-state index in [0.717, 1.165) is 12.6 Å². The van der Waals surface area contributed by atoms with Crippen LogP contribution in [0.2, 0.25) is 0 Å². The molecule has 0 spiro atoms. The van der Waals surface area contributed by atoms with Crippen molar-refractivity contribution in [2.75, 3.05) is 0 Å². The molecule has 5 heteroatoms. The van der Waals surface area contributed by atoms with Gasteiger partial charge in [-0.15, -0.1) is 0 Å². The maximum absolute atomic E-state index is 11.7. The van der Waals surface area contributed by atoms with E-state index in [4.69, 9.17) is 9.90 Å². The van der Waals surface area contributed by atoms with E-state index in [2.05, 4.69) is 0 Å². The lowest BCUT2D eigenvalue weighted by atomic mass is 10.2. The summed E-state index contributed by atoms with van der Waals surface area (Å²) in [7, 11) is 0. The quantitative estimate of drug-likeness (QED) is 0.814. The van der Waals surface area contributed by atoms with E-state index in [1.165, 1.54) is 6.07 Å². The summed E-state index contributed by atoms with van der Waals surface area (Å²) in [6, 6.07) is 12.1. The topological polar surface area (TPSA) is 82.4 Å². The number of hydrogen-bond acceptors (Lipinski definition) is 4. The third kappa shape index (κ3) is 4.31. The van der Waals surface area contributed by atoms with Gasteiger partial charge in [-0.2, -0.15) is 0 Å². The first-order valence-corrected chi connectivity index (χ1v) is 5.57. The Bertz CT molecular complexity index is 613. The van der Waals surface area contributed by atoms with Crippen LogP contribution in [0.15, 0.2) is 47.3 Å². The van der Waals surface area contributed by atoms with Gasteiger partial charge >= 0.3 is 0 Å². The Morgan fingerprint density at radius 3 is 2.21 bits per heavy atom. The molecule has 5 nitrogen and oxygen atoms in total. The molecule has 0 bridgehead atoms. The molecule has 0 unspecified atom stereocenters. The average molecular weight is 260 g/mol. The fraction of sp³-hybridized carbons (Fsp3) is 0.143. The number of carboxylic acid groups (broad SMARTS) is 1. The number of aromatic nitrogens is 1. The summed E-state index contributed by atoms with van der Waals surface area (Å²) in [6.45, 7) is 2.76. The number of benzene rings is 1. The molecule has 0 saturated carbocycles. The van der Waals surface area contributed by atoms with Crippen LogP contribution >= 0.6 is 0 Å². The maximum Gasteiger partial charge on any atom is 0.258 e. The van der Waals surface area contributed by atoms with E-state index in [0.29, 0.717) is 5.69 Å². The van der Waals surface area contributed by atoms with Gasteiger partial charge in [0, 0.05) is 23.4 Å². The van der Waals surface area contributed by atoms with Gasteiger partial charge in [0.25, 0.3) is 5.56 Å². The molecule has 2 aromatic rings. The van der Waals surface area contributed by atoms with E-state index in [9.17, 15) is 9.90 Å². The smallest absolute Gasteiger partial charge is 0.258 e. The van der Waals surface area contributed by atoms with Crippen molar-refractivity contribution in [2.45, 2.75) is 13.8 Å². The van der Waals surface area contributed by atoms with Crippen molar-refractivity contribution in [1.82, 2.24) is 4.57 Å². The lowest BCUT2D eigenvalue weighted by Crippen LogP contribution is -2.18. The van der Waals surface area contributed by atoms with Crippen molar-refractivity contribution in [3.63, 3.8) is 0 Å². The molecule has 0 aliphatic heterocycles. The average Bonchev–Trinajstić information content (AvgIpc) is 2.28. The minimum atomic E-state index is -1.08. The third-order valence-corrected chi connectivity index (χ3v) is 2.22. The zero-order valence-corrected chi connectivity index (χ0v) is 10.7. The van der Waals surface area contributed by atoms with Gasteiger partial charge in [0.05, 0.1) is 0 Å². The number of hydrogen-bond donors (Lipinski definition) is 1. The molecule has 0 saturated heterocycles. The Balaban J connectivity index is 0.000000399. The van der Waals surface area contributed by atoms with Gasteiger partial charge in [0.1, 0.15) is 5.75 Å². The zero-order valence-electron chi connectivity index (χ0n) is 10.7. The van der Waals surface area contributed by atoms with Crippen molar-refractivity contribution < 1.29 is 15.0 Å². The highest BCUT2D eigenvalue weighted by atomic mass is 16.4. The molecule has 19 heavy (non-hydrogen) atoms. The zero-order chi connectivity index (χ0) is 14.4. The van der Waals surface area contributed by atoms with Crippen LogP contribution in [0.4, 0.5) is 0 Å². The number of aliphatic carboxylic acids is 1. The highest BCUT2D eigenvalue weighted by molar-refractivity contribution is 5.60. The molecule has 0 radical (unpaired) electrons. The second-order valence-corrected chi connectivity index (χ2v) is 3.86. The number of pyridine rings is 1. The van der Waals surface area contributed by atoms with Crippen LogP contribution in [0.3, 0.4) is 0 Å². The second kappa shape index (κ2) is 6.39. The van der Waals surface area contributed by atoms with Gasteiger partial charge in [0.2, 0.25) is 0 Å². The van der Waals surface area contributed by atoms with Crippen LogP contribution in [-0.2, 0) is 4.79 Å². The van der Waals surface area contributed by atoms with Gasteiger partial charge in [0.15, 0.2) is 0 Å². The number of nitrogens with zero attached hydrogens (tertiary/aromatic N) is 1. The van der Waals surface area contributed by atoms with Crippen molar-refractivity contribution in [3.05, 3.63) is 58.5 Å². The largest absolute Gasteiger partial charge is 0.550 e. The standard InChI is InChI=1S/C12H11NO2.C2H4O2/c1-9-7-11(14)8-12(15)13(9)10-5-3-2-4-6-10;1-2(3)4/h2-8,14H,1H3;1H3,(H,3,4)/p-1. The van der Waals surface area contributed by atoms with Crippen LogP contribution < -0.4 is 10.7 Å². The molecular weight excluding hydrogens is 246 g/mol. The summed E-state index contributed by atoms with van der Waals surface area (Å²) in [5, 5.41) is 18.1. The molecule has 100 valence electrons. The lowest BCUT2D eigenvalue weighted by molar-refractivity contribution is -0.302. The van der Waals surface area contributed by atoms with Crippen molar-refractivity contribution in [3.8, 4) is 11.4 Å². The normalized spacial score (nSPS) is 9.37. The molecule has 0 aliphatic rings. The van der Waals surface area contributed by atoms with E-state index < -0.39 is 5.97 Å². The van der Waals surface area contributed by atoms with Crippen molar-refractivity contribution >= 4 is 5.97 Å². The van der Waals surface area contributed by atoms with E-state index >= 15 is 0 Å². The highest BCUT2D eigenvalue weighted by Gasteiger charge is 2.03. The SMILES string of the molecule is CC(=O)[O-].Cc1cc(O)cc(=O)n1-c1ccccc1. The fourth-order valence-electron chi connectivity index (χ4n) is 1.59. The van der Waals surface area contributed by atoms with Crippen LogP contribution in [0.5, 0.6) is 5.75 Å². The lowest BCUT2D eigenvalue weighted by Gasteiger charge is -2.09. The molecule has 0 aliphatic carbocycles.